The number of hydrogen-bond acceptors (Lipinski definition) is 4. The van der Waals surface area contributed by atoms with Crippen LogP contribution < -0.4 is 10.2 Å². The highest BCUT2D eigenvalue weighted by Crippen LogP contribution is 2.14. The largest absolute Gasteiger partial charge is 0.514 e. The van der Waals surface area contributed by atoms with Crippen molar-refractivity contribution in [1.29, 1.82) is 0 Å². The van der Waals surface area contributed by atoms with Crippen LogP contribution in [0.15, 0.2) is 27.5 Å². The Balaban J connectivity index is 3.00. The number of carbonyl (C=O) groups excluding carboxylic acids is 1. The summed E-state index contributed by atoms with van der Waals surface area (Å²) in [6.45, 7) is 4.94. The van der Waals surface area contributed by atoms with Crippen LogP contribution in [0.5, 0.6) is 5.75 Å². The van der Waals surface area contributed by atoms with Gasteiger partial charge < -0.3 is 9.47 Å². The fourth-order valence-corrected chi connectivity index (χ4v) is 1.36. The molecular weight excluding hydrogens is 307 g/mol. The molecule has 0 saturated carbocycles. The van der Waals surface area contributed by atoms with E-state index >= 15 is 0 Å². The molecule has 0 fully saturated rings. The highest BCUT2D eigenvalue weighted by Gasteiger charge is 2.19. The highest BCUT2D eigenvalue weighted by atomic mass is 79.9. The van der Waals surface area contributed by atoms with Crippen LogP contribution in [0.1, 0.15) is 20.8 Å². The SMILES string of the molecule is CC(C)(C)OC(=O)Oc1ccc(Br)cc(F)c1=O. The van der Waals surface area contributed by atoms with Gasteiger partial charge in [-0.05, 0) is 39.0 Å². The first-order valence-corrected chi connectivity index (χ1v) is 5.88. The van der Waals surface area contributed by atoms with Crippen molar-refractivity contribution in [2.45, 2.75) is 26.4 Å². The van der Waals surface area contributed by atoms with Crippen LogP contribution in [0.2, 0.25) is 0 Å². The van der Waals surface area contributed by atoms with E-state index in [2.05, 4.69) is 20.7 Å². The summed E-state index contributed by atoms with van der Waals surface area (Å²) >= 11 is 3.02. The van der Waals surface area contributed by atoms with E-state index in [9.17, 15) is 14.0 Å². The average molecular weight is 319 g/mol. The van der Waals surface area contributed by atoms with Crippen molar-refractivity contribution in [3.8, 4) is 5.75 Å². The van der Waals surface area contributed by atoms with E-state index in [0.29, 0.717) is 4.47 Å². The third-order valence-electron chi connectivity index (χ3n) is 1.68. The van der Waals surface area contributed by atoms with Gasteiger partial charge in [-0.15, -0.1) is 0 Å². The molecule has 0 unspecified atom stereocenters. The van der Waals surface area contributed by atoms with Crippen LogP contribution >= 0.6 is 15.9 Å². The maximum atomic E-state index is 13.3. The summed E-state index contributed by atoms with van der Waals surface area (Å²) in [4.78, 5) is 22.9. The molecule has 0 radical (unpaired) electrons. The van der Waals surface area contributed by atoms with E-state index in [1.165, 1.54) is 12.1 Å². The first kappa shape index (κ1) is 14.6. The summed E-state index contributed by atoms with van der Waals surface area (Å²) < 4.78 is 23.2. The third-order valence-corrected chi connectivity index (χ3v) is 2.18. The number of rotatable bonds is 1. The van der Waals surface area contributed by atoms with Gasteiger partial charge in [0.15, 0.2) is 11.6 Å². The maximum absolute atomic E-state index is 13.3. The minimum absolute atomic E-state index is 0.358. The molecule has 0 atom stereocenters. The lowest BCUT2D eigenvalue weighted by Crippen LogP contribution is -2.27. The second kappa shape index (κ2) is 5.48. The molecule has 6 heteroatoms. The van der Waals surface area contributed by atoms with Gasteiger partial charge >= 0.3 is 6.16 Å². The molecule has 0 aliphatic rings. The lowest BCUT2D eigenvalue weighted by molar-refractivity contribution is 0.0204. The van der Waals surface area contributed by atoms with Crippen LogP contribution in [0.3, 0.4) is 0 Å². The molecule has 0 heterocycles. The van der Waals surface area contributed by atoms with Crippen molar-refractivity contribution >= 4 is 22.1 Å². The van der Waals surface area contributed by atoms with Gasteiger partial charge in [0.05, 0.1) is 0 Å². The standard InChI is InChI=1S/C12H12BrFO4/c1-12(2,3)18-11(16)17-9-5-4-7(13)6-8(14)10(9)15/h4-6H,1-3H3. The molecule has 0 spiro atoms. The Morgan fingerprint density at radius 3 is 2.50 bits per heavy atom. The zero-order chi connectivity index (χ0) is 13.9. The molecule has 0 saturated heterocycles. The minimum atomic E-state index is -1.05. The van der Waals surface area contributed by atoms with Gasteiger partial charge in [0.1, 0.15) is 5.60 Å². The van der Waals surface area contributed by atoms with Crippen LogP contribution in [0, 0.1) is 5.82 Å². The second-order valence-electron chi connectivity index (χ2n) is 4.47. The normalized spacial score (nSPS) is 10.9. The summed E-state index contributed by atoms with van der Waals surface area (Å²) in [6, 6.07) is 3.58. The predicted octanol–water partition coefficient (Wildman–Crippen LogP) is 3.26. The van der Waals surface area contributed by atoms with E-state index in [1.807, 2.05) is 0 Å². The number of hydrogen-bond donors (Lipinski definition) is 0. The lowest BCUT2D eigenvalue weighted by Gasteiger charge is -2.18. The summed E-state index contributed by atoms with van der Waals surface area (Å²) in [5.74, 6) is -1.45. The summed E-state index contributed by atoms with van der Waals surface area (Å²) in [5, 5.41) is 0. The lowest BCUT2D eigenvalue weighted by atomic mass is 10.2. The second-order valence-corrected chi connectivity index (χ2v) is 5.39. The Bertz CT molecular complexity index is 522. The van der Waals surface area contributed by atoms with Gasteiger partial charge in [0.25, 0.3) is 5.43 Å². The fourth-order valence-electron chi connectivity index (χ4n) is 1.02. The van der Waals surface area contributed by atoms with Crippen LogP contribution in [-0.2, 0) is 4.74 Å². The smallest absolute Gasteiger partial charge is 0.428 e. The molecule has 0 aromatic heterocycles. The quantitative estimate of drug-likeness (QED) is 0.746. The molecule has 18 heavy (non-hydrogen) atoms. The van der Waals surface area contributed by atoms with Gasteiger partial charge in [-0.2, -0.15) is 0 Å². The number of carbonyl (C=O) groups is 1. The number of halogens is 2. The van der Waals surface area contributed by atoms with Gasteiger partial charge in [-0.1, -0.05) is 15.9 Å². The maximum Gasteiger partial charge on any atom is 0.514 e. The molecule has 1 aromatic carbocycles. The van der Waals surface area contributed by atoms with Crippen molar-refractivity contribution in [1.82, 2.24) is 0 Å². The van der Waals surface area contributed by atoms with Crippen LogP contribution in [0.25, 0.3) is 0 Å². The Kier molecular flexibility index (Phi) is 4.45. The number of ether oxygens (including phenoxy) is 2. The summed E-state index contributed by atoms with van der Waals surface area (Å²) in [7, 11) is 0. The highest BCUT2D eigenvalue weighted by molar-refractivity contribution is 9.10. The van der Waals surface area contributed by atoms with Crippen molar-refractivity contribution in [3.63, 3.8) is 0 Å². The van der Waals surface area contributed by atoms with Gasteiger partial charge in [0.2, 0.25) is 0 Å². The van der Waals surface area contributed by atoms with E-state index in [4.69, 9.17) is 4.74 Å². The van der Waals surface area contributed by atoms with E-state index < -0.39 is 28.8 Å². The molecular formula is C12H12BrFO4. The molecule has 1 rings (SSSR count). The third kappa shape index (κ3) is 4.44. The van der Waals surface area contributed by atoms with Crippen LogP contribution in [-0.4, -0.2) is 11.8 Å². The predicted molar refractivity (Wildman–Crippen MR) is 67.2 cm³/mol. The Morgan fingerprint density at radius 2 is 1.94 bits per heavy atom. The summed E-state index contributed by atoms with van der Waals surface area (Å²) in [6.07, 6.45) is -1.05. The molecule has 1 aromatic rings. The zero-order valence-electron chi connectivity index (χ0n) is 10.1. The molecule has 0 N–H and O–H groups in total. The molecule has 0 bridgehead atoms. The Morgan fingerprint density at radius 1 is 1.33 bits per heavy atom. The van der Waals surface area contributed by atoms with Crippen molar-refractivity contribution in [3.05, 3.63) is 38.7 Å². The van der Waals surface area contributed by atoms with E-state index in [-0.39, 0.29) is 0 Å². The zero-order valence-corrected chi connectivity index (χ0v) is 11.7. The topological polar surface area (TPSA) is 52.6 Å². The van der Waals surface area contributed by atoms with Crippen molar-refractivity contribution < 1.29 is 18.7 Å². The fraction of sp³-hybridized carbons (Fsp3) is 0.333. The van der Waals surface area contributed by atoms with Gasteiger partial charge in [-0.25, -0.2) is 9.18 Å². The van der Waals surface area contributed by atoms with E-state index in [0.717, 1.165) is 6.07 Å². The van der Waals surface area contributed by atoms with Crippen LogP contribution in [0.4, 0.5) is 9.18 Å². The Labute approximate surface area is 112 Å². The molecule has 4 nitrogen and oxygen atoms in total. The molecule has 98 valence electrons. The summed E-state index contributed by atoms with van der Waals surface area (Å²) in [5.41, 5.74) is -1.76. The first-order valence-electron chi connectivity index (χ1n) is 5.09. The van der Waals surface area contributed by atoms with E-state index in [1.54, 1.807) is 20.8 Å². The molecule has 0 aliphatic carbocycles. The first-order chi connectivity index (χ1) is 8.19. The Hall–Kier alpha value is -1.43. The van der Waals surface area contributed by atoms with Crippen molar-refractivity contribution in [2.24, 2.45) is 0 Å². The monoisotopic (exact) mass is 318 g/mol. The average Bonchev–Trinajstić information content (AvgIpc) is 2.29. The minimum Gasteiger partial charge on any atom is -0.428 e. The molecule has 0 aliphatic heterocycles. The van der Waals surface area contributed by atoms with Crippen molar-refractivity contribution in [2.75, 3.05) is 0 Å². The van der Waals surface area contributed by atoms with Gasteiger partial charge in [0, 0.05) is 4.47 Å². The van der Waals surface area contributed by atoms with Gasteiger partial charge in [-0.3, -0.25) is 4.79 Å². The molecule has 0 amide bonds.